The third-order valence-corrected chi connectivity index (χ3v) is 2.16. The summed E-state index contributed by atoms with van der Waals surface area (Å²) in [6.45, 7) is 0. The fraction of sp³-hybridized carbons (Fsp3) is 0. The molecule has 1 amide bonds. The summed E-state index contributed by atoms with van der Waals surface area (Å²) in [6.07, 6.45) is 3.68. The van der Waals surface area contributed by atoms with E-state index in [0.717, 1.165) is 0 Å². The molecule has 0 aliphatic carbocycles. The first-order valence-electron chi connectivity index (χ1n) is 3.92. The van der Waals surface area contributed by atoms with Crippen molar-refractivity contribution in [2.45, 2.75) is 0 Å². The van der Waals surface area contributed by atoms with Crippen LogP contribution in [0.1, 0.15) is 0 Å². The first kappa shape index (κ1) is 8.90. The molecule has 0 spiro atoms. The second-order valence-corrected chi connectivity index (χ2v) is 3.00. The number of nitrogens with zero attached hydrogens (tertiary/aromatic N) is 2. The summed E-state index contributed by atoms with van der Waals surface area (Å²) < 4.78 is 0. The average Bonchev–Trinajstić information content (AvgIpc) is 2.23. The molecule has 14 heavy (non-hydrogen) atoms. The summed E-state index contributed by atoms with van der Waals surface area (Å²) in [5.41, 5.74) is 1.75. The van der Waals surface area contributed by atoms with Crippen molar-refractivity contribution in [2.75, 3.05) is 5.32 Å². The minimum Gasteiger partial charge on any atom is -0.326 e. The normalized spacial score (nSPS) is 10.1. The third kappa shape index (κ3) is 1.40. The van der Waals surface area contributed by atoms with Crippen LogP contribution in [0.5, 0.6) is 0 Å². The van der Waals surface area contributed by atoms with Gasteiger partial charge in [0.25, 0.3) is 0 Å². The van der Waals surface area contributed by atoms with Gasteiger partial charge in [0.1, 0.15) is 5.52 Å². The summed E-state index contributed by atoms with van der Waals surface area (Å²) in [7, 11) is 0. The van der Waals surface area contributed by atoms with Crippen LogP contribution in [0.25, 0.3) is 11.0 Å². The molecular weight excluding hydrogens is 202 g/mol. The smallest absolute Gasteiger partial charge is 0.211 e. The van der Waals surface area contributed by atoms with E-state index in [1.54, 1.807) is 18.3 Å². The van der Waals surface area contributed by atoms with Gasteiger partial charge in [0.2, 0.25) is 6.41 Å². The zero-order chi connectivity index (χ0) is 9.97. The number of carbonyl (C=O) groups excluding carboxylic acids is 1. The molecule has 0 atom stereocenters. The molecule has 0 unspecified atom stereocenters. The second-order valence-electron chi connectivity index (χ2n) is 2.62. The van der Waals surface area contributed by atoms with Gasteiger partial charge < -0.3 is 5.32 Å². The van der Waals surface area contributed by atoms with Crippen LogP contribution in [0.3, 0.4) is 0 Å². The molecule has 0 saturated heterocycles. The van der Waals surface area contributed by atoms with E-state index in [4.69, 9.17) is 11.6 Å². The lowest BCUT2D eigenvalue weighted by Crippen LogP contribution is -1.96. The zero-order valence-electron chi connectivity index (χ0n) is 7.07. The van der Waals surface area contributed by atoms with Gasteiger partial charge in [-0.3, -0.25) is 14.8 Å². The zero-order valence-corrected chi connectivity index (χ0v) is 7.82. The van der Waals surface area contributed by atoms with Crippen molar-refractivity contribution < 1.29 is 4.79 Å². The largest absolute Gasteiger partial charge is 0.326 e. The first-order valence-corrected chi connectivity index (χ1v) is 4.30. The Kier molecular flexibility index (Phi) is 2.28. The molecule has 2 aromatic heterocycles. The Labute approximate surface area is 84.9 Å². The Morgan fingerprint density at radius 2 is 2.29 bits per heavy atom. The lowest BCUT2D eigenvalue weighted by molar-refractivity contribution is -0.105. The molecule has 2 heterocycles. The summed E-state index contributed by atoms with van der Waals surface area (Å²) in [6, 6.07) is 3.58. The number of fused-ring (bicyclic) bond motifs is 1. The predicted octanol–water partition coefficient (Wildman–Crippen LogP) is 1.85. The van der Waals surface area contributed by atoms with Crippen molar-refractivity contribution in [1.82, 2.24) is 9.97 Å². The quantitative estimate of drug-likeness (QED) is 0.765. The Bertz CT molecular complexity index is 486. The second kappa shape index (κ2) is 3.59. The molecule has 70 valence electrons. The minimum absolute atomic E-state index is 0.405. The highest BCUT2D eigenvalue weighted by molar-refractivity contribution is 6.37. The number of anilines is 1. The van der Waals surface area contributed by atoms with E-state index >= 15 is 0 Å². The number of hydrogen-bond donors (Lipinski definition) is 1. The molecule has 2 aromatic rings. The van der Waals surface area contributed by atoms with Crippen molar-refractivity contribution >= 4 is 34.7 Å². The van der Waals surface area contributed by atoms with Gasteiger partial charge in [0.05, 0.1) is 22.4 Å². The molecule has 0 aliphatic heterocycles. The van der Waals surface area contributed by atoms with Crippen molar-refractivity contribution in [3.63, 3.8) is 0 Å². The van der Waals surface area contributed by atoms with E-state index in [2.05, 4.69) is 15.3 Å². The fourth-order valence-corrected chi connectivity index (χ4v) is 1.40. The van der Waals surface area contributed by atoms with Crippen molar-refractivity contribution in [3.8, 4) is 0 Å². The van der Waals surface area contributed by atoms with Crippen LogP contribution in [0.4, 0.5) is 5.69 Å². The average molecular weight is 208 g/mol. The highest BCUT2D eigenvalue weighted by atomic mass is 35.5. The topological polar surface area (TPSA) is 54.9 Å². The maximum atomic E-state index is 10.2. The van der Waals surface area contributed by atoms with Gasteiger partial charge >= 0.3 is 0 Å². The van der Waals surface area contributed by atoms with Crippen molar-refractivity contribution in [2.24, 2.45) is 0 Å². The number of carbonyl (C=O) groups is 1. The lowest BCUT2D eigenvalue weighted by atomic mass is 10.3. The Hall–Kier alpha value is -1.68. The number of hydrogen-bond acceptors (Lipinski definition) is 3. The summed E-state index contributed by atoms with van der Waals surface area (Å²) in [5, 5.41) is 2.86. The summed E-state index contributed by atoms with van der Waals surface area (Å²) in [4.78, 5) is 18.4. The van der Waals surface area contributed by atoms with E-state index in [9.17, 15) is 4.79 Å². The van der Waals surface area contributed by atoms with E-state index in [-0.39, 0.29) is 0 Å². The number of halogens is 1. The molecule has 2 rings (SSSR count). The Morgan fingerprint density at radius 1 is 1.43 bits per heavy atom. The van der Waals surface area contributed by atoms with E-state index < -0.39 is 0 Å². The van der Waals surface area contributed by atoms with Gasteiger partial charge in [-0.2, -0.15) is 0 Å². The van der Waals surface area contributed by atoms with E-state index in [1.165, 1.54) is 6.20 Å². The van der Waals surface area contributed by atoms with Crippen molar-refractivity contribution in [3.05, 3.63) is 29.5 Å². The minimum atomic E-state index is 0.405. The predicted molar refractivity (Wildman–Crippen MR) is 54.2 cm³/mol. The summed E-state index contributed by atoms with van der Waals surface area (Å²) in [5.74, 6) is 0. The van der Waals surface area contributed by atoms with Crippen molar-refractivity contribution in [1.29, 1.82) is 0 Å². The molecule has 1 N–H and O–H groups in total. The van der Waals surface area contributed by atoms with Gasteiger partial charge in [-0.15, -0.1) is 0 Å². The number of pyridine rings is 2. The molecule has 0 fully saturated rings. The van der Waals surface area contributed by atoms with Crippen LogP contribution in [-0.4, -0.2) is 16.4 Å². The van der Waals surface area contributed by atoms with Crippen LogP contribution in [0, 0.1) is 0 Å². The van der Waals surface area contributed by atoms with E-state index in [0.29, 0.717) is 28.2 Å². The lowest BCUT2D eigenvalue weighted by Gasteiger charge is -2.03. The number of amides is 1. The van der Waals surface area contributed by atoms with Gasteiger partial charge in [-0.25, -0.2) is 0 Å². The maximum absolute atomic E-state index is 10.2. The van der Waals surface area contributed by atoms with Gasteiger partial charge in [-0.05, 0) is 12.1 Å². The summed E-state index contributed by atoms with van der Waals surface area (Å²) >= 11 is 6.00. The Balaban J connectivity index is 2.68. The van der Waals surface area contributed by atoms with Crippen LogP contribution in [0.15, 0.2) is 24.5 Å². The van der Waals surface area contributed by atoms with Crippen LogP contribution < -0.4 is 5.32 Å². The molecule has 0 radical (unpaired) electrons. The molecule has 4 nitrogen and oxygen atoms in total. The monoisotopic (exact) mass is 207 g/mol. The molecular formula is C9H6ClN3O. The number of rotatable bonds is 2. The SMILES string of the molecule is O=CNc1cnc2cccnc2c1Cl. The number of nitrogens with one attached hydrogen (secondary N) is 1. The van der Waals surface area contributed by atoms with E-state index in [1.807, 2.05) is 0 Å². The molecule has 5 heteroatoms. The highest BCUT2D eigenvalue weighted by Gasteiger charge is 2.06. The molecule has 0 aromatic carbocycles. The van der Waals surface area contributed by atoms with Crippen LogP contribution in [0.2, 0.25) is 5.02 Å². The highest BCUT2D eigenvalue weighted by Crippen LogP contribution is 2.26. The van der Waals surface area contributed by atoms with Gasteiger partial charge in [-0.1, -0.05) is 11.6 Å². The number of aromatic nitrogens is 2. The molecule has 0 saturated carbocycles. The standard InChI is InChI=1S/C9H6ClN3O/c10-8-7(13-5-14)4-12-6-2-1-3-11-9(6)8/h1-5H,(H,13,14). The maximum Gasteiger partial charge on any atom is 0.211 e. The van der Waals surface area contributed by atoms with Crippen LogP contribution >= 0.6 is 11.6 Å². The third-order valence-electron chi connectivity index (χ3n) is 1.78. The molecule has 0 bridgehead atoms. The first-order chi connectivity index (χ1) is 6.83. The van der Waals surface area contributed by atoms with Crippen LogP contribution in [-0.2, 0) is 4.79 Å². The van der Waals surface area contributed by atoms with Gasteiger partial charge in [0.15, 0.2) is 0 Å². The van der Waals surface area contributed by atoms with Gasteiger partial charge in [0, 0.05) is 6.20 Å². The molecule has 0 aliphatic rings. The fourth-order valence-electron chi connectivity index (χ4n) is 1.15. The Morgan fingerprint density at radius 3 is 3.07 bits per heavy atom.